The van der Waals surface area contributed by atoms with E-state index in [0.717, 1.165) is 18.0 Å². The first kappa shape index (κ1) is 13.7. The minimum absolute atomic E-state index is 0.134. The minimum Gasteiger partial charge on any atom is -0.312 e. The van der Waals surface area contributed by atoms with Crippen LogP contribution in [0.3, 0.4) is 0 Å². The number of rotatable bonds is 4. The topological polar surface area (TPSA) is 37.4 Å². The number of anilines is 1. The molecule has 0 spiro atoms. The van der Waals surface area contributed by atoms with Crippen molar-refractivity contribution >= 4 is 28.5 Å². The molecule has 0 aromatic heterocycles. The van der Waals surface area contributed by atoms with Gasteiger partial charge >= 0.3 is 0 Å². The Morgan fingerprint density at radius 2 is 2.10 bits per heavy atom. The highest BCUT2D eigenvalue weighted by Crippen LogP contribution is 2.45. The van der Waals surface area contributed by atoms with Crippen molar-refractivity contribution in [3.05, 3.63) is 29.8 Å². The van der Waals surface area contributed by atoms with Crippen molar-refractivity contribution in [1.82, 2.24) is 0 Å². The van der Waals surface area contributed by atoms with Gasteiger partial charge in [-0.1, -0.05) is 30.0 Å². The number of carbonyl (C=O) groups is 2. The summed E-state index contributed by atoms with van der Waals surface area (Å²) in [5.74, 6) is 1.89. The predicted octanol–water partition coefficient (Wildman–Crippen LogP) is 3.20. The Balaban J connectivity index is 1.74. The molecule has 1 aliphatic heterocycles. The molecular formula is C16H19NO2S. The van der Waals surface area contributed by atoms with Gasteiger partial charge in [0.15, 0.2) is 5.12 Å². The lowest BCUT2D eigenvalue weighted by molar-refractivity contribution is -0.117. The molecule has 1 atom stereocenters. The summed E-state index contributed by atoms with van der Waals surface area (Å²) < 4.78 is 0. The summed E-state index contributed by atoms with van der Waals surface area (Å²) in [6.07, 6.45) is 3.05. The molecule has 3 rings (SSSR count). The fourth-order valence-electron chi connectivity index (χ4n) is 2.83. The van der Waals surface area contributed by atoms with Crippen molar-refractivity contribution in [3.8, 4) is 0 Å². The maximum absolute atomic E-state index is 12.3. The highest BCUT2D eigenvalue weighted by molar-refractivity contribution is 8.13. The van der Waals surface area contributed by atoms with Crippen LogP contribution in [-0.4, -0.2) is 23.3 Å². The summed E-state index contributed by atoms with van der Waals surface area (Å²) >= 11 is 1.33. The van der Waals surface area contributed by atoms with E-state index in [1.54, 1.807) is 6.92 Å². The Morgan fingerprint density at radius 3 is 2.80 bits per heavy atom. The van der Waals surface area contributed by atoms with E-state index in [1.807, 2.05) is 11.0 Å². The average Bonchev–Trinajstić information content (AvgIpc) is 3.20. The molecule has 1 saturated carbocycles. The van der Waals surface area contributed by atoms with Gasteiger partial charge in [-0.2, -0.15) is 0 Å². The van der Waals surface area contributed by atoms with Crippen LogP contribution in [0.5, 0.6) is 0 Å². The monoisotopic (exact) mass is 289 g/mol. The molecule has 4 heteroatoms. The molecule has 2 aliphatic rings. The van der Waals surface area contributed by atoms with E-state index in [0.29, 0.717) is 18.3 Å². The molecule has 1 aromatic carbocycles. The van der Waals surface area contributed by atoms with E-state index in [-0.39, 0.29) is 11.0 Å². The molecule has 0 N–H and O–H groups in total. The lowest BCUT2D eigenvalue weighted by atomic mass is 10.1. The number of benzene rings is 1. The normalized spacial score (nSPS) is 22.4. The van der Waals surface area contributed by atoms with Crippen LogP contribution in [0.25, 0.3) is 0 Å². The summed E-state index contributed by atoms with van der Waals surface area (Å²) in [7, 11) is 0. The third kappa shape index (κ3) is 2.90. The van der Waals surface area contributed by atoms with E-state index in [9.17, 15) is 9.59 Å². The second-order valence-electron chi connectivity index (χ2n) is 5.71. The number of hydrogen-bond donors (Lipinski definition) is 0. The minimum atomic E-state index is 0.134. The Hall–Kier alpha value is -1.29. The van der Waals surface area contributed by atoms with Gasteiger partial charge in [-0.3, -0.25) is 9.59 Å². The van der Waals surface area contributed by atoms with Crippen LogP contribution in [0.2, 0.25) is 0 Å². The summed E-state index contributed by atoms with van der Waals surface area (Å²) in [6, 6.07) is 8.27. The molecule has 3 nitrogen and oxygen atoms in total. The van der Waals surface area contributed by atoms with E-state index in [4.69, 9.17) is 0 Å². The van der Waals surface area contributed by atoms with Gasteiger partial charge in [0.2, 0.25) is 5.91 Å². The molecule has 20 heavy (non-hydrogen) atoms. The first-order valence-electron chi connectivity index (χ1n) is 7.18. The lowest BCUT2D eigenvalue weighted by Crippen LogP contribution is -2.25. The Morgan fingerprint density at radius 1 is 1.35 bits per heavy atom. The first-order valence-corrected chi connectivity index (χ1v) is 8.16. The third-order valence-corrected chi connectivity index (χ3v) is 5.02. The maximum atomic E-state index is 12.3. The summed E-state index contributed by atoms with van der Waals surface area (Å²) in [6.45, 7) is 2.34. The molecule has 1 saturated heterocycles. The van der Waals surface area contributed by atoms with Crippen LogP contribution in [0.4, 0.5) is 5.69 Å². The third-order valence-electron chi connectivity index (χ3n) is 3.97. The molecular weight excluding hydrogens is 270 g/mol. The van der Waals surface area contributed by atoms with Gasteiger partial charge in [0.25, 0.3) is 0 Å². The van der Waals surface area contributed by atoms with Crippen molar-refractivity contribution in [1.29, 1.82) is 0 Å². The highest BCUT2D eigenvalue weighted by Gasteiger charge is 2.34. The number of amides is 1. The van der Waals surface area contributed by atoms with Crippen LogP contribution >= 0.6 is 11.8 Å². The largest absolute Gasteiger partial charge is 0.312 e. The summed E-state index contributed by atoms with van der Waals surface area (Å²) in [5, 5.41) is 0.134. The second-order valence-corrected chi connectivity index (χ2v) is 6.91. The molecule has 1 aromatic rings. The van der Waals surface area contributed by atoms with Crippen LogP contribution in [0.15, 0.2) is 24.3 Å². The van der Waals surface area contributed by atoms with Gasteiger partial charge in [0.05, 0.1) is 0 Å². The highest BCUT2D eigenvalue weighted by atomic mass is 32.2. The van der Waals surface area contributed by atoms with Crippen molar-refractivity contribution in [3.63, 3.8) is 0 Å². The van der Waals surface area contributed by atoms with Crippen LogP contribution < -0.4 is 4.90 Å². The zero-order valence-corrected chi connectivity index (χ0v) is 12.5. The molecule has 0 radical (unpaired) electrons. The zero-order chi connectivity index (χ0) is 14.1. The fraction of sp³-hybridized carbons (Fsp3) is 0.500. The first-order chi connectivity index (χ1) is 9.65. The standard InChI is InChI=1S/C16H19NO2S/c1-11(18)20-10-12-8-16(19)17(9-12)15-5-3-2-4-14(15)13-6-7-13/h2-5,12-13H,6-10H2,1H3. The molecule has 1 heterocycles. The lowest BCUT2D eigenvalue weighted by Gasteiger charge is -2.20. The average molecular weight is 289 g/mol. The molecule has 1 amide bonds. The van der Waals surface area contributed by atoms with Gasteiger partial charge in [-0.05, 0) is 36.3 Å². The van der Waals surface area contributed by atoms with E-state index in [2.05, 4.69) is 18.2 Å². The van der Waals surface area contributed by atoms with Gasteiger partial charge in [0, 0.05) is 31.3 Å². The van der Waals surface area contributed by atoms with Crippen molar-refractivity contribution in [2.45, 2.75) is 32.1 Å². The van der Waals surface area contributed by atoms with Gasteiger partial charge in [-0.25, -0.2) is 0 Å². The molecule has 0 bridgehead atoms. The molecule has 1 aliphatic carbocycles. The number of nitrogens with zero attached hydrogens (tertiary/aromatic N) is 1. The molecule has 2 fully saturated rings. The number of hydrogen-bond acceptors (Lipinski definition) is 3. The smallest absolute Gasteiger partial charge is 0.227 e. The number of carbonyl (C=O) groups excluding carboxylic acids is 2. The van der Waals surface area contributed by atoms with Gasteiger partial charge in [0.1, 0.15) is 0 Å². The van der Waals surface area contributed by atoms with E-state index in [1.165, 1.54) is 30.2 Å². The van der Waals surface area contributed by atoms with Gasteiger partial charge in [-0.15, -0.1) is 0 Å². The Labute approximate surface area is 123 Å². The quantitative estimate of drug-likeness (QED) is 0.854. The summed E-state index contributed by atoms with van der Waals surface area (Å²) in [5.41, 5.74) is 2.41. The van der Waals surface area contributed by atoms with Crippen molar-refractivity contribution in [2.75, 3.05) is 17.2 Å². The van der Waals surface area contributed by atoms with Crippen LogP contribution in [0.1, 0.15) is 37.7 Å². The fourth-order valence-corrected chi connectivity index (χ4v) is 3.53. The molecule has 106 valence electrons. The predicted molar refractivity (Wildman–Crippen MR) is 82.0 cm³/mol. The second kappa shape index (κ2) is 5.60. The number of para-hydroxylation sites is 1. The molecule has 1 unspecified atom stereocenters. The number of thioether (sulfide) groups is 1. The SMILES string of the molecule is CC(=O)SCC1CC(=O)N(c2ccccc2C2CC2)C1. The van der Waals surface area contributed by atoms with Crippen molar-refractivity contribution in [2.24, 2.45) is 5.92 Å². The van der Waals surface area contributed by atoms with Crippen molar-refractivity contribution < 1.29 is 9.59 Å². The van der Waals surface area contributed by atoms with Crippen LogP contribution in [-0.2, 0) is 9.59 Å². The van der Waals surface area contributed by atoms with Crippen LogP contribution in [0, 0.1) is 5.92 Å². The Kier molecular flexibility index (Phi) is 3.83. The zero-order valence-electron chi connectivity index (χ0n) is 11.7. The maximum Gasteiger partial charge on any atom is 0.227 e. The Bertz CT molecular complexity index is 539. The van der Waals surface area contributed by atoms with Gasteiger partial charge < -0.3 is 4.90 Å². The summed E-state index contributed by atoms with van der Waals surface area (Å²) in [4.78, 5) is 25.2. The van der Waals surface area contributed by atoms with E-state index >= 15 is 0 Å². The van der Waals surface area contributed by atoms with E-state index < -0.39 is 0 Å².